The maximum atomic E-state index is 12.4. The van der Waals surface area contributed by atoms with Gasteiger partial charge in [-0.05, 0) is 25.0 Å². The van der Waals surface area contributed by atoms with Crippen molar-refractivity contribution in [3.05, 3.63) is 34.7 Å². The molecule has 1 unspecified atom stereocenters. The lowest BCUT2D eigenvalue weighted by Gasteiger charge is -2.31. The summed E-state index contributed by atoms with van der Waals surface area (Å²) in [5.41, 5.74) is 6.90. The van der Waals surface area contributed by atoms with Crippen molar-refractivity contribution in [2.24, 2.45) is 18.7 Å². The van der Waals surface area contributed by atoms with E-state index in [0.717, 1.165) is 23.9 Å². The Labute approximate surface area is 139 Å². The van der Waals surface area contributed by atoms with Crippen LogP contribution in [0.15, 0.2) is 29.1 Å². The third-order valence-electron chi connectivity index (χ3n) is 4.78. The summed E-state index contributed by atoms with van der Waals surface area (Å²) in [6.07, 6.45) is 1.76. The van der Waals surface area contributed by atoms with Crippen LogP contribution in [0.3, 0.4) is 0 Å². The van der Waals surface area contributed by atoms with E-state index in [1.54, 1.807) is 21.1 Å². The largest absolute Gasteiger partial charge is 0.369 e. The standard InChI is InChI=1S/C17H22N4O3/c1-19-13-6-2-3-7-14(13)21(17(19)24)10-8-15(22)20-9-4-5-12(11-20)16(18)23/h2-3,6-7,12H,4-5,8-11H2,1H3,(H2,18,23). The molecule has 128 valence electrons. The first-order valence-electron chi connectivity index (χ1n) is 8.20. The van der Waals surface area contributed by atoms with Crippen LogP contribution in [0.4, 0.5) is 0 Å². The number of imidazole rings is 1. The van der Waals surface area contributed by atoms with E-state index < -0.39 is 0 Å². The van der Waals surface area contributed by atoms with E-state index in [4.69, 9.17) is 5.73 Å². The molecule has 1 aromatic heterocycles. The Kier molecular flexibility index (Phi) is 4.42. The van der Waals surface area contributed by atoms with Gasteiger partial charge in [0.25, 0.3) is 0 Å². The molecule has 1 aliphatic heterocycles. The highest BCUT2D eigenvalue weighted by Crippen LogP contribution is 2.17. The van der Waals surface area contributed by atoms with E-state index >= 15 is 0 Å². The van der Waals surface area contributed by atoms with Crippen LogP contribution in [0, 0.1) is 5.92 Å². The highest BCUT2D eigenvalue weighted by atomic mass is 16.2. The molecule has 0 radical (unpaired) electrons. The van der Waals surface area contributed by atoms with Crippen molar-refractivity contribution in [3.8, 4) is 0 Å². The molecule has 2 aromatic rings. The first-order chi connectivity index (χ1) is 11.5. The number of amides is 2. The topological polar surface area (TPSA) is 90.3 Å². The molecule has 1 saturated heterocycles. The van der Waals surface area contributed by atoms with Crippen molar-refractivity contribution >= 4 is 22.8 Å². The van der Waals surface area contributed by atoms with Crippen molar-refractivity contribution in [2.45, 2.75) is 25.8 Å². The summed E-state index contributed by atoms with van der Waals surface area (Å²) in [5, 5.41) is 0. The summed E-state index contributed by atoms with van der Waals surface area (Å²) in [5.74, 6) is -0.651. The van der Waals surface area contributed by atoms with Crippen molar-refractivity contribution in [1.82, 2.24) is 14.0 Å². The Hall–Kier alpha value is -2.57. The summed E-state index contributed by atoms with van der Waals surface area (Å²) in [4.78, 5) is 37.8. The molecule has 0 bridgehead atoms. The van der Waals surface area contributed by atoms with E-state index in [1.165, 1.54) is 0 Å². The maximum absolute atomic E-state index is 12.4. The van der Waals surface area contributed by atoms with Gasteiger partial charge in [0.05, 0.1) is 17.0 Å². The van der Waals surface area contributed by atoms with E-state index in [0.29, 0.717) is 19.6 Å². The van der Waals surface area contributed by atoms with E-state index in [-0.39, 0.29) is 29.8 Å². The van der Waals surface area contributed by atoms with Crippen LogP contribution in [0.1, 0.15) is 19.3 Å². The van der Waals surface area contributed by atoms with Gasteiger partial charge in [0, 0.05) is 33.1 Å². The summed E-state index contributed by atoms with van der Waals surface area (Å²) >= 11 is 0. The number of hydrogen-bond acceptors (Lipinski definition) is 3. The fourth-order valence-electron chi connectivity index (χ4n) is 3.38. The van der Waals surface area contributed by atoms with Crippen molar-refractivity contribution in [3.63, 3.8) is 0 Å². The van der Waals surface area contributed by atoms with Crippen molar-refractivity contribution < 1.29 is 9.59 Å². The molecule has 7 heteroatoms. The number of fused-ring (bicyclic) bond motifs is 1. The van der Waals surface area contributed by atoms with Crippen molar-refractivity contribution in [2.75, 3.05) is 13.1 Å². The fraction of sp³-hybridized carbons (Fsp3) is 0.471. The van der Waals surface area contributed by atoms with Gasteiger partial charge in [-0.25, -0.2) is 4.79 Å². The average Bonchev–Trinajstić information content (AvgIpc) is 2.84. The first kappa shape index (κ1) is 16.3. The number of nitrogens with zero attached hydrogens (tertiary/aromatic N) is 3. The van der Waals surface area contributed by atoms with Gasteiger partial charge in [-0.2, -0.15) is 0 Å². The number of para-hydroxylation sites is 2. The number of nitrogens with two attached hydrogens (primary N) is 1. The second kappa shape index (κ2) is 6.51. The number of rotatable bonds is 4. The minimum absolute atomic E-state index is 0.0409. The van der Waals surface area contributed by atoms with Gasteiger partial charge in [0.2, 0.25) is 11.8 Å². The Morgan fingerprint density at radius 2 is 1.96 bits per heavy atom. The van der Waals surface area contributed by atoms with Crippen LogP contribution >= 0.6 is 0 Å². The lowest BCUT2D eigenvalue weighted by atomic mass is 9.97. The summed E-state index contributed by atoms with van der Waals surface area (Å²) in [6, 6.07) is 7.53. The minimum Gasteiger partial charge on any atom is -0.369 e. The normalized spacial score (nSPS) is 18.0. The molecule has 1 aromatic carbocycles. The monoisotopic (exact) mass is 330 g/mol. The molecule has 2 N–H and O–H groups in total. The predicted octanol–water partition coefficient (Wildman–Crippen LogP) is 0.454. The molecule has 0 aliphatic carbocycles. The number of hydrogen-bond donors (Lipinski definition) is 1. The molecule has 1 atom stereocenters. The highest BCUT2D eigenvalue weighted by molar-refractivity contribution is 5.80. The van der Waals surface area contributed by atoms with Gasteiger partial charge >= 0.3 is 5.69 Å². The maximum Gasteiger partial charge on any atom is 0.328 e. The lowest BCUT2D eigenvalue weighted by Crippen LogP contribution is -2.44. The van der Waals surface area contributed by atoms with Gasteiger partial charge in [-0.3, -0.25) is 18.7 Å². The second-order valence-electron chi connectivity index (χ2n) is 6.31. The van der Waals surface area contributed by atoms with E-state index in [9.17, 15) is 14.4 Å². The number of piperidine rings is 1. The minimum atomic E-state index is -0.349. The molecule has 1 aliphatic rings. The molecule has 2 amide bonds. The van der Waals surface area contributed by atoms with Crippen LogP contribution in [0.25, 0.3) is 11.0 Å². The van der Waals surface area contributed by atoms with Crippen molar-refractivity contribution in [1.29, 1.82) is 0 Å². The number of aromatic nitrogens is 2. The zero-order chi connectivity index (χ0) is 17.3. The number of carbonyl (C=O) groups is 2. The summed E-state index contributed by atoms with van der Waals surface area (Å²) < 4.78 is 3.21. The Morgan fingerprint density at radius 1 is 1.25 bits per heavy atom. The average molecular weight is 330 g/mol. The molecular formula is C17H22N4O3. The molecule has 0 spiro atoms. The third-order valence-corrected chi connectivity index (χ3v) is 4.78. The number of likely N-dealkylation sites (tertiary alicyclic amines) is 1. The number of benzene rings is 1. The third kappa shape index (κ3) is 2.93. The predicted molar refractivity (Wildman–Crippen MR) is 90.3 cm³/mol. The van der Waals surface area contributed by atoms with E-state index in [1.807, 2.05) is 24.3 Å². The fourth-order valence-corrected chi connectivity index (χ4v) is 3.38. The molecule has 24 heavy (non-hydrogen) atoms. The molecule has 0 saturated carbocycles. The van der Waals surface area contributed by atoms with Gasteiger partial charge in [-0.1, -0.05) is 12.1 Å². The zero-order valence-electron chi connectivity index (χ0n) is 13.8. The van der Waals surface area contributed by atoms with Crippen LogP contribution in [0.5, 0.6) is 0 Å². The van der Waals surface area contributed by atoms with Gasteiger partial charge in [-0.15, -0.1) is 0 Å². The highest BCUT2D eigenvalue weighted by Gasteiger charge is 2.26. The molecule has 7 nitrogen and oxygen atoms in total. The smallest absolute Gasteiger partial charge is 0.328 e. The van der Waals surface area contributed by atoms with Crippen LogP contribution in [-0.2, 0) is 23.2 Å². The molecule has 2 heterocycles. The van der Waals surface area contributed by atoms with Crippen LogP contribution in [-0.4, -0.2) is 38.9 Å². The first-order valence-corrected chi connectivity index (χ1v) is 8.20. The molecule has 1 fully saturated rings. The van der Waals surface area contributed by atoms with E-state index in [2.05, 4.69) is 0 Å². The SMILES string of the molecule is Cn1c(=O)n(CCC(=O)N2CCCC(C(N)=O)C2)c2ccccc21. The summed E-state index contributed by atoms with van der Waals surface area (Å²) in [6.45, 7) is 1.36. The zero-order valence-corrected chi connectivity index (χ0v) is 13.8. The molecule has 3 rings (SSSR count). The Balaban J connectivity index is 1.72. The summed E-state index contributed by atoms with van der Waals surface area (Å²) in [7, 11) is 1.73. The Bertz CT molecular complexity index is 836. The lowest BCUT2D eigenvalue weighted by molar-refractivity contribution is -0.135. The van der Waals surface area contributed by atoms with Crippen LogP contribution in [0.2, 0.25) is 0 Å². The van der Waals surface area contributed by atoms with Gasteiger partial charge < -0.3 is 10.6 Å². The molecular weight excluding hydrogens is 308 g/mol. The van der Waals surface area contributed by atoms with Gasteiger partial charge in [0.15, 0.2) is 0 Å². The number of aryl methyl sites for hydroxylation is 2. The van der Waals surface area contributed by atoms with Crippen LogP contribution < -0.4 is 11.4 Å². The number of primary amides is 1. The Morgan fingerprint density at radius 3 is 2.67 bits per heavy atom. The quantitative estimate of drug-likeness (QED) is 0.883. The van der Waals surface area contributed by atoms with Gasteiger partial charge in [0.1, 0.15) is 0 Å². The number of carbonyl (C=O) groups excluding carboxylic acids is 2. The second-order valence-corrected chi connectivity index (χ2v) is 6.31.